The molecule has 2 unspecified atom stereocenters. The molecule has 104 valence electrons. The molecule has 5 heteroatoms. The molecule has 0 aliphatic carbocycles. The van der Waals surface area contributed by atoms with Crippen molar-refractivity contribution in [2.24, 2.45) is 0 Å². The number of rotatable bonds is 5. The van der Waals surface area contributed by atoms with Crippen LogP contribution < -0.4 is 5.32 Å². The zero-order chi connectivity index (χ0) is 13.5. The summed E-state index contributed by atoms with van der Waals surface area (Å²) in [5.74, 6) is 0.218. The molecule has 2 atom stereocenters. The fraction of sp³-hybridized carbons (Fsp3) is 0.500. The van der Waals surface area contributed by atoms with E-state index < -0.39 is 6.10 Å². The van der Waals surface area contributed by atoms with E-state index in [0.717, 1.165) is 5.56 Å². The Labute approximate surface area is 118 Å². The number of carbonyl (C=O) groups excluding carboxylic acids is 1. The largest absolute Gasteiger partial charge is 0.376 e. The molecule has 0 radical (unpaired) electrons. The molecule has 4 nitrogen and oxygen atoms in total. The van der Waals surface area contributed by atoms with Gasteiger partial charge in [0.15, 0.2) is 6.10 Å². The van der Waals surface area contributed by atoms with Gasteiger partial charge >= 0.3 is 0 Å². The summed E-state index contributed by atoms with van der Waals surface area (Å²) < 4.78 is 10.6. The molecule has 1 saturated heterocycles. The van der Waals surface area contributed by atoms with Crippen molar-refractivity contribution in [1.29, 1.82) is 0 Å². The topological polar surface area (TPSA) is 47.6 Å². The van der Waals surface area contributed by atoms with Crippen molar-refractivity contribution in [3.05, 3.63) is 35.9 Å². The number of alkyl halides is 1. The second-order valence-corrected chi connectivity index (χ2v) is 4.79. The Kier molecular flexibility index (Phi) is 5.63. The number of amides is 1. The molecule has 0 aromatic heterocycles. The standard InChI is InChI=1S/C14H18ClNO3/c15-9-12(8-11-4-2-1-3-5-11)16-14(17)13-10-18-6-7-19-13/h1-5,12-13H,6-10H2,(H,16,17). The van der Waals surface area contributed by atoms with Crippen molar-refractivity contribution in [2.45, 2.75) is 18.6 Å². The summed E-state index contributed by atoms with van der Waals surface area (Å²) in [6.45, 7) is 1.32. The first-order valence-corrected chi connectivity index (χ1v) is 6.92. The Morgan fingerprint density at radius 2 is 2.16 bits per heavy atom. The maximum atomic E-state index is 12.0. The lowest BCUT2D eigenvalue weighted by atomic mass is 10.1. The average molecular weight is 284 g/mol. The third kappa shape index (κ3) is 4.49. The lowest BCUT2D eigenvalue weighted by Crippen LogP contribution is -2.47. The Bertz CT molecular complexity index is 393. The van der Waals surface area contributed by atoms with Crippen LogP contribution in [0.15, 0.2) is 30.3 Å². The van der Waals surface area contributed by atoms with Crippen LogP contribution in [0.5, 0.6) is 0 Å². The van der Waals surface area contributed by atoms with E-state index in [2.05, 4.69) is 5.32 Å². The summed E-state index contributed by atoms with van der Waals surface area (Å²) in [6, 6.07) is 9.85. The molecule has 1 amide bonds. The van der Waals surface area contributed by atoms with E-state index in [1.807, 2.05) is 30.3 Å². The van der Waals surface area contributed by atoms with E-state index in [0.29, 0.717) is 32.1 Å². The van der Waals surface area contributed by atoms with Crippen LogP contribution in [0.25, 0.3) is 0 Å². The summed E-state index contributed by atoms with van der Waals surface area (Å²) in [5.41, 5.74) is 1.15. The molecule has 1 aromatic carbocycles. The van der Waals surface area contributed by atoms with Crippen LogP contribution in [-0.4, -0.2) is 43.8 Å². The van der Waals surface area contributed by atoms with E-state index in [1.165, 1.54) is 0 Å². The van der Waals surface area contributed by atoms with Gasteiger partial charge in [0.1, 0.15) is 0 Å². The van der Waals surface area contributed by atoms with Gasteiger partial charge in [-0.3, -0.25) is 4.79 Å². The van der Waals surface area contributed by atoms with E-state index in [4.69, 9.17) is 21.1 Å². The third-order valence-electron chi connectivity index (χ3n) is 2.97. The minimum Gasteiger partial charge on any atom is -0.376 e. The smallest absolute Gasteiger partial charge is 0.251 e. The third-order valence-corrected chi connectivity index (χ3v) is 3.34. The Morgan fingerprint density at radius 1 is 1.37 bits per heavy atom. The highest BCUT2D eigenvalue weighted by atomic mass is 35.5. The molecule has 1 N–H and O–H groups in total. The molecular formula is C14H18ClNO3. The highest BCUT2D eigenvalue weighted by Gasteiger charge is 2.24. The fourth-order valence-electron chi connectivity index (χ4n) is 1.98. The van der Waals surface area contributed by atoms with Crippen molar-refractivity contribution in [1.82, 2.24) is 5.32 Å². The fourth-order valence-corrected chi connectivity index (χ4v) is 2.16. The molecule has 0 spiro atoms. The minimum absolute atomic E-state index is 0.0953. The molecule has 1 aliphatic rings. The van der Waals surface area contributed by atoms with E-state index in [9.17, 15) is 4.79 Å². The predicted molar refractivity (Wildman–Crippen MR) is 73.4 cm³/mol. The van der Waals surface area contributed by atoms with Crippen LogP contribution in [0.2, 0.25) is 0 Å². The van der Waals surface area contributed by atoms with Crippen LogP contribution in [0.3, 0.4) is 0 Å². The maximum absolute atomic E-state index is 12.0. The molecule has 0 saturated carbocycles. The van der Waals surface area contributed by atoms with Crippen LogP contribution in [-0.2, 0) is 20.7 Å². The number of carbonyl (C=O) groups is 1. The van der Waals surface area contributed by atoms with Gasteiger partial charge in [-0.15, -0.1) is 11.6 Å². The van der Waals surface area contributed by atoms with Crippen molar-refractivity contribution in [2.75, 3.05) is 25.7 Å². The van der Waals surface area contributed by atoms with Gasteiger partial charge in [-0.2, -0.15) is 0 Å². The average Bonchev–Trinajstić information content (AvgIpc) is 2.48. The molecular weight excluding hydrogens is 266 g/mol. The van der Waals surface area contributed by atoms with Crippen LogP contribution in [0.4, 0.5) is 0 Å². The predicted octanol–water partition coefficient (Wildman–Crippen LogP) is 1.37. The monoisotopic (exact) mass is 283 g/mol. The van der Waals surface area contributed by atoms with Gasteiger partial charge in [0, 0.05) is 11.9 Å². The highest BCUT2D eigenvalue weighted by Crippen LogP contribution is 2.06. The van der Waals surface area contributed by atoms with E-state index >= 15 is 0 Å². The first kappa shape index (κ1) is 14.3. The lowest BCUT2D eigenvalue weighted by molar-refractivity contribution is -0.148. The number of halogens is 1. The van der Waals surface area contributed by atoms with Crippen molar-refractivity contribution >= 4 is 17.5 Å². The molecule has 1 fully saturated rings. The van der Waals surface area contributed by atoms with Crippen molar-refractivity contribution < 1.29 is 14.3 Å². The van der Waals surface area contributed by atoms with Gasteiger partial charge in [0.25, 0.3) is 5.91 Å². The Morgan fingerprint density at radius 3 is 2.79 bits per heavy atom. The lowest BCUT2D eigenvalue weighted by Gasteiger charge is -2.24. The van der Waals surface area contributed by atoms with Gasteiger partial charge in [-0.1, -0.05) is 30.3 Å². The van der Waals surface area contributed by atoms with Crippen LogP contribution in [0, 0.1) is 0 Å². The number of nitrogens with one attached hydrogen (secondary N) is 1. The summed E-state index contributed by atoms with van der Waals surface area (Å²) in [5, 5.41) is 2.91. The quantitative estimate of drug-likeness (QED) is 0.830. The van der Waals surface area contributed by atoms with Gasteiger partial charge in [0.05, 0.1) is 19.8 Å². The SMILES string of the molecule is O=C(NC(CCl)Cc1ccccc1)C1COCCO1. The zero-order valence-corrected chi connectivity index (χ0v) is 11.4. The van der Waals surface area contributed by atoms with Gasteiger partial charge in [-0.25, -0.2) is 0 Å². The minimum atomic E-state index is -0.518. The Hall–Kier alpha value is -1.10. The number of hydrogen-bond donors (Lipinski definition) is 1. The molecule has 1 heterocycles. The van der Waals surface area contributed by atoms with Crippen LogP contribution in [0.1, 0.15) is 5.56 Å². The van der Waals surface area contributed by atoms with E-state index in [-0.39, 0.29) is 11.9 Å². The highest BCUT2D eigenvalue weighted by molar-refractivity contribution is 6.18. The van der Waals surface area contributed by atoms with Gasteiger partial charge in [0.2, 0.25) is 0 Å². The molecule has 19 heavy (non-hydrogen) atoms. The normalized spacial score (nSPS) is 20.8. The molecule has 1 aromatic rings. The summed E-state index contributed by atoms with van der Waals surface area (Å²) in [6.07, 6.45) is 0.194. The molecule has 2 rings (SSSR count). The van der Waals surface area contributed by atoms with Crippen molar-refractivity contribution in [3.8, 4) is 0 Å². The maximum Gasteiger partial charge on any atom is 0.251 e. The molecule has 1 aliphatic heterocycles. The number of hydrogen-bond acceptors (Lipinski definition) is 3. The number of ether oxygens (including phenoxy) is 2. The summed E-state index contributed by atoms with van der Waals surface area (Å²) >= 11 is 5.91. The first-order chi connectivity index (χ1) is 9.29. The van der Waals surface area contributed by atoms with E-state index in [1.54, 1.807) is 0 Å². The Balaban J connectivity index is 1.86. The molecule has 0 bridgehead atoms. The first-order valence-electron chi connectivity index (χ1n) is 6.39. The van der Waals surface area contributed by atoms with Gasteiger partial charge < -0.3 is 14.8 Å². The second-order valence-electron chi connectivity index (χ2n) is 4.48. The second kappa shape index (κ2) is 7.48. The number of benzene rings is 1. The van der Waals surface area contributed by atoms with Crippen molar-refractivity contribution in [3.63, 3.8) is 0 Å². The summed E-state index contributed by atoms with van der Waals surface area (Å²) in [7, 11) is 0. The van der Waals surface area contributed by atoms with Crippen LogP contribution >= 0.6 is 11.6 Å². The summed E-state index contributed by atoms with van der Waals surface area (Å²) in [4.78, 5) is 12.0. The zero-order valence-electron chi connectivity index (χ0n) is 10.7. The van der Waals surface area contributed by atoms with Gasteiger partial charge in [-0.05, 0) is 12.0 Å².